The van der Waals surface area contributed by atoms with Gasteiger partial charge in [-0.1, -0.05) is 13.8 Å². The molecule has 0 saturated heterocycles. The Kier molecular flexibility index (Phi) is 3.19. The predicted octanol–water partition coefficient (Wildman–Crippen LogP) is 0.676. The second-order valence-electron chi connectivity index (χ2n) is 4.27. The Morgan fingerprint density at radius 1 is 1.35 bits per heavy atom. The zero-order valence-electron chi connectivity index (χ0n) is 9.93. The summed E-state index contributed by atoms with van der Waals surface area (Å²) in [7, 11) is 0. The first-order chi connectivity index (χ1) is 8.11. The van der Waals surface area contributed by atoms with Crippen LogP contribution in [-0.4, -0.2) is 40.8 Å². The summed E-state index contributed by atoms with van der Waals surface area (Å²) < 4.78 is 0. The molecule has 1 N–H and O–H groups in total. The molecule has 0 atom stereocenters. The Labute approximate surface area is 99.8 Å². The minimum absolute atomic E-state index is 0.247. The first kappa shape index (κ1) is 11.7. The van der Waals surface area contributed by atoms with E-state index in [9.17, 15) is 9.59 Å². The lowest BCUT2D eigenvalue weighted by molar-refractivity contribution is 0.0653. The lowest BCUT2D eigenvalue weighted by atomic mass is 10.2. The highest BCUT2D eigenvalue weighted by atomic mass is 16.2. The van der Waals surface area contributed by atoms with Gasteiger partial charge in [-0.2, -0.15) is 0 Å². The number of fused-ring (bicyclic) bond motifs is 1. The molecule has 0 aliphatic carbocycles. The maximum atomic E-state index is 11.9. The number of imide groups is 1. The Bertz CT molecular complexity index is 422. The van der Waals surface area contributed by atoms with Crippen molar-refractivity contribution in [2.75, 3.05) is 13.1 Å². The van der Waals surface area contributed by atoms with Crippen LogP contribution in [0, 0.1) is 0 Å². The average Bonchev–Trinajstić information content (AvgIpc) is 2.54. The van der Waals surface area contributed by atoms with Crippen LogP contribution >= 0.6 is 0 Å². The number of nitrogens with one attached hydrogen (secondary N) is 1. The molecule has 1 aromatic heterocycles. The molecule has 1 aliphatic rings. The molecule has 0 fully saturated rings. The van der Waals surface area contributed by atoms with E-state index in [-0.39, 0.29) is 17.5 Å². The third-order valence-electron chi connectivity index (χ3n) is 2.62. The van der Waals surface area contributed by atoms with Crippen LogP contribution < -0.4 is 5.32 Å². The number of pyridine rings is 1. The maximum Gasteiger partial charge on any atom is 0.280 e. The minimum Gasteiger partial charge on any atom is -0.313 e. The van der Waals surface area contributed by atoms with Gasteiger partial charge in [0.2, 0.25) is 0 Å². The molecular weight excluding hydrogens is 218 g/mol. The van der Waals surface area contributed by atoms with Crippen LogP contribution in [0.25, 0.3) is 0 Å². The van der Waals surface area contributed by atoms with E-state index in [0.717, 1.165) is 0 Å². The maximum absolute atomic E-state index is 11.9. The molecule has 0 spiro atoms. The van der Waals surface area contributed by atoms with Crippen molar-refractivity contribution in [3.05, 3.63) is 29.6 Å². The van der Waals surface area contributed by atoms with Gasteiger partial charge >= 0.3 is 0 Å². The standard InChI is InChI=1S/C12H15N3O2/c1-8(2)13-6-7-15-11(16)9-4-3-5-14-10(9)12(15)17/h3-5,8,13H,6-7H2,1-2H3. The molecule has 2 heterocycles. The van der Waals surface area contributed by atoms with Gasteiger partial charge in [-0.3, -0.25) is 19.5 Å². The highest BCUT2D eigenvalue weighted by Crippen LogP contribution is 2.19. The normalized spacial score (nSPS) is 14.6. The van der Waals surface area contributed by atoms with Gasteiger partial charge < -0.3 is 5.32 Å². The van der Waals surface area contributed by atoms with E-state index in [0.29, 0.717) is 24.7 Å². The second-order valence-corrected chi connectivity index (χ2v) is 4.27. The van der Waals surface area contributed by atoms with Crippen LogP contribution in [0.15, 0.2) is 18.3 Å². The van der Waals surface area contributed by atoms with Crippen molar-refractivity contribution in [3.8, 4) is 0 Å². The first-order valence-corrected chi connectivity index (χ1v) is 5.66. The van der Waals surface area contributed by atoms with Gasteiger partial charge in [0.25, 0.3) is 11.8 Å². The number of carbonyl (C=O) groups excluding carboxylic acids is 2. The van der Waals surface area contributed by atoms with E-state index in [4.69, 9.17) is 0 Å². The zero-order chi connectivity index (χ0) is 12.4. The van der Waals surface area contributed by atoms with Gasteiger partial charge in [0.05, 0.1) is 5.56 Å². The van der Waals surface area contributed by atoms with Crippen molar-refractivity contribution in [1.29, 1.82) is 0 Å². The molecule has 1 aromatic rings. The van der Waals surface area contributed by atoms with E-state index in [1.165, 1.54) is 11.1 Å². The molecule has 1 aliphatic heterocycles. The summed E-state index contributed by atoms with van der Waals surface area (Å²) >= 11 is 0. The molecule has 0 bridgehead atoms. The van der Waals surface area contributed by atoms with Gasteiger partial charge in [0.15, 0.2) is 0 Å². The van der Waals surface area contributed by atoms with Crippen LogP contribution in [0.5, 0.6) is 0 Å². The highest BCUT2D eigenvalue weighted by molar-refractivity contribution is 6.20. The fourth-order valence-electron chi connectivity index (χ4n) is 1.78. The predicted molar refractivity (Wildman–Crippen MR) is 62.7 cm³/mol. The number of carbonyl (C=O) groups is 2. The number of hydrogen-bond acceptors (Lipinski definition) is 4. The van der Waals surface area contributed by atoms with Crippen molar-refractivity contribution in [3.63, 3.8) is 0 Å². The molecular formula is C12H15N3O2. The highest BCUT2D eigenvalue weighted by Gasteiger charge is 2.35. The third-order valence-corrected chi connectivity index (χ3v) is 2.62. The third kappa shape index (κ3) is 2.19. The summed E-state index contributed by atoms with van der Waals surface area (Å²) in [6.45, 7) is 5.02. The molecule has 2 rings (SSSR count). The molecule has 0 unspecified atom stereocenters. The molecule has 0 radical (unpaired) electrons. The van der Waals surface area contributed by atoms with E-state index in [1.807, 2.05) is 13.8 Å². The lowest BCUT2D eigenvalue weighted by Gasteiger charge is -2.15. The fraction of sp³-hybridized carbons (Fsp3) is 0.417. The van der Waals surface area contributed by atoms with Crippen LogP contribution in [0.3, 0.4) is 0 Å². The van der Waals surface area contributed by atoms with Gasteiger partial charge in [-0.25, -0.2) is 0 Å². The molecule has 90 valence electrons. The van der Waals surface area contributed by atoms with E-state index < -0.39 is 0 Å². The summed E-state index contributed by atoms with van der Waals surface area (Å²) in [6.07, 6.45) is 1.53. The summed E-state index contributed by atoms with van der Waals surface area (Å²) in [5, 5.41) is 3.17. The zero-order valence-corrected chi connectivity index (χ0v) is 9.93. The lowest BCUT2D eigenvalue weighted by Crippen LogP contribution is -2.38. The number of aromatic nitrogens is 1. The van der Waals surface area contributed by atoms with Gasteiger partial charge in [0.1, 0.15) is 5.69 Å². The number of rotatable bonds is 4. The second kappa shape index (κ2) is 4.63. The van der Waals surface area contributed by atoms with Crippen molar-refractivity contribution in [1.82, 2.24) is 15.2 Å². The van der Waals surface area contributed by atoms with Crippen LogP contribution in [-0.2, 0) is 0 Å². The van der Waals surface area contributed by atoms with Crippen LogP contribution in [0.1, 0.15) is 34.7 Å². The van der Waals surface area contributed by atoms with Crippen LogP contribution in [0.4, 0.5) is 0 Å². The molecule has 5 heteroatoms. The molecule has 0 aromatic carbocycles. The Morgan fingerprint density at radius 3 is 2.76 bits per heavy atom. The quantitative estimate of drug-likeness (QED) is 0.777. The van der Waals surface area contributed by atoms with E-state index in [1.54, 1.807) is 12.1 Å². The largest absolute Gasteiger partial charge is 0.313 e. The average molecular weight is 233 g/mol. The van der Waals surface area contributed by atoms with Crippen molar-refractivity contribution < 1.29 is 9.59 Å². The summed E-state index contributed by atoms with van der Waals surface area (Å²) in [6, 6.07) is 3.64. The fourth-order valence-corrected chi connectivity index (χ4v) is 1.78. The Morgan fingerprint density at radius 2 is 2.12 bits per heavy atom. The topological polar surface area (TPSA) is 62.3 Å². The van der Waals surface area contributed by atoms with Crippen molar-refractivity contribution in [2.45, 2.75) is 19.9 Å². The summed E-state index contributed by atoms with van der Waals surface area (Å²) in [5.74, 6) is -0.542. The summed E-state index contributed by atoms with van der Waals surface area (Å²) in [4.78, 5) is 29.0. The number of hydrogen-bond donors (Lipinski definition) is 1. The number of nitrogens with zero attached hydrogens (tertiary/aromatic N) is 2. The van der Waals surface area contributed by atoms with Gasteiger partial charge in [0, 0.05) is 25.3 Å². The molecule has 5 nitrogen and oxygen atoms in total. The van der Waals surface area contributed by atoms with Crippen molar-refractivity contribution in [2.24, 2.45) is 0 Å². The Balaban J connectivity index is 2.08. The minimum atomic E-state index is -0.295. The smallest absolute Gasteiger partial charge is 0.280 e. The number of amides is 2. The summed E-state index contributed by atoms with van der Waals surface area (Å²) in [5.41, 5.74) is 0.670. The van der Waals surface area contributed by atoms with E-state index >= 15 is 0 Å². The molecule has 2 amide bonds. The van der Waals surface area contributed by atoms with E-state index in [2.05, 4.69) is 10.3 Å². The monoisotopic (exact) mass is 233 g/mol. The first-order valence-electron chi connectivity index (χ1n) is 5.66. The van der Waals surface area contributed by atoms with Gasteiger partial charge in [-0.15, -0.1) is 0 Å². The van der Waals surface area contributed by atoms with Gasteiger partial charge in [-0.05, 0) is 12.1 Å². The van der Waals surface area contributed by atoms with Crippen molar-refractivity contribution >= 4 is 11.8 Å². The van der Waals surface area contributed by atoms with Crippen LogP contribution in [0.2, 0.25) is 0 Å². The SMILES string of the molecule is CC(C)NCCN1C(=O)c2cccnc2C1=O. The Hall–Kier alpha value is -1.75. The molecule has 17 heavy (non-hydrogen) atoms. The molecule has 0 saturated carbocycles.